The molecule has 1 unspecified atom stereocenters. The molecule has 0 radical (unpaired) electrons. The van der Waals surface area contributed by atoms with Crippen LogP contribution in [0.1, 0.15) is 29.6 Å². The van der Waals surface area contributed by atoms with Crippen molar-refractivity contribution in [3.63, 3.8) is 0 Å². The van der Waals surface area contributed by atoms with E-state index in [1.54, 1.807) is 17.0 Å². The average molecular weight is 283 g/mol. The molecule has 2 heterocycles. The zero-order chi connectivity index (χ0) is 13.8. The van der Waals surface area contributed by atoms with Gasteiger partial charge in [0.05, 0.1) is 12.7 Å². The maximum atomic E-state index is 12.4. The highest BCUT2D eigenvalue weighted by atomic mass is 35.5. The minimum atomic E-state index is -0.498. The minimum Gasteiger partial charge on any atom is -0.467 e. The number of hydrogen-bond acceptors (Lipinski definition) is 4. The van der Waals surface area contributed by atoms with Crippen LogP contribution in [0.15, 0.2) is 18.3 Å². The van der Waals surface area contributed by atoms with Crippen LogP contribution in [0, 0.1) is 0 Å². The van der Waals surface area contributed by atoms with Gasteiger partial charge in [0.15, 0.2) is 0 Å². The van der Waals surface area contributed by atoms with Crippen LogP contribution in [0.3, 0.4) is 0 Å². The first-order valence-corrected chi connectivity index (χ1v) is 6.51. The molecule has 1 aliphatic rings. The van der Waals surface area contributed by atoms with E-state index < -0.39 is 6.04 Å². The molecule has 1 atom stereocenters. The number of carbonyl (C=O) groups is 2. The second kappa shape index (κ2) is 6.02. The van der Waals surface area contributed by atoms with Crippen LogP contribution >= 0.6 is 11.6 Å². The first-order valence-electron chi connectivity index (χ1n) is 6.14. The lowest BCUT2D eigenvalue weighted by Crippen LogP contribution is -2.48. The molecule has 0 saturated carbocycles. The number of pyridine rings is 1. The number of likely N-dealkylation sites (tertiary alicyclic amines) is 1. The Balaban J connectivity index is 2.20. The normalized spacial score (nSPS) is 19.1. The van der Waals surface area contributed by atoms with Crippen LogP contribution in [0.25, 0.3) is 0 Å². The third-order valence-corrected chi connectivity index (χ3v) is 3.43. The molecule has 102 valence electrons. The molecule has 1 aromatic heterocycles. The summed E-state index contributed by atoms with van der Waals surface area (Å²) in [6.07, 6.45) is 3.87. The van der Waals surface area contributed by atoms with Crippen LogP contribution in [0.2, 0.25) is 5.15 Å². The van der Waals surface area contributed by atoms with Crippen LogP contribution in [-0.4, -0.2) is 41.5 Å². The van der Waals surface area contributed by atoms with E-state index in [1.807, 2.05) is 0 Å². The van der Waals surface area contributed by atoms with Crippen LogP contribution in [-0.2, 0) is 9.53 Å². The molecule has 6 heteroatoms. The van der Waals surface area contributed by atoms with Crippen molar-refractivity contribution in [1.29, 1.82) is 0 Å². The standard InChI is InChI=1S/C13H15ClN2O3/c1-19-13(18)10-4-2-3-7-16(10)12(17)9-5-6-11(14)15-8-9/h5-6,8,10H,2-4,7H2,1H3. The van der Waals surface area contributed by atoms with Crippen LogP contribution in [0.5, 0.6) is 0 Å². The maximum Gasteiger partial charge on any atom is 0.328 e. The third kappa shape index (κ3) is 3.04. The molecule has 1 aliphatic heterocycles. The van der Waals surface area contributed by atoms with Gasteiger partial charge in [-0.25, -0.2) is 9.78 Å². The summed E-state index contributed by atoms with van der Waals surface area (Å²) in [7, 11) is 1.34. The van der Waals surface area contributed by atoms with Gasteiger partial charge in [0.2, 0.25) is 0 Å². The number of hydrogen-bond donors (Lipinski definition) is 0. The number of nitrogens with zero attached hydrogens (tertiary/aromatic N) is 2. The number of methoxy groups -OCH3 is 1. The molecule has 1 saturated heterocycles. The maximum absolute atomic E-state index is 12.4. The fraction of sp³-hybridized carbons (Fsp3) is 0.462. The van der Waals surface area contributed by atoms with E-state index in [0.717, 1.165) is 12.8 Å². The molecule has 0 bridgehead atoms. The molecular weight excluding hydrogens is 268 g/mol. The van der Waals surface area contributed by atoms with Crippen molar-refractivity contribution in [2.45, 2.75) is 25.3 Å². The van der Waals surface area contributed by atoms with Gasteiger partial charge in [-0.1, -0.05) is 11.6 Å². The summed E-state index contributed by atoms with van der Waals surface area (Å²) in [5.74, 6) is -0.575. The Morgan fingerprint density at radius 2 is 2.21 bits per heavy atom. The topological polar surface area (TPSA) is 59.5 Å². The number of piperidine rings is 1. The molecule has 5 nitrogen and oxygen atoms in total. The SMILES string of the molecule is COC(=O)C1CCCCN1C(=O)c1ccc(Cl)nc1. The molecule has 0 spiro atoms. The molecule has 19 heavy (non-hydrogen) atoms. The van der Waals surface area contributed by atoms with Crippen molar-refractivity contribution >= 4 is 23.5 Å². The van der Waals surface area contributed by atoms with E-state index in [2.05, 4.69) is 4.98 Å². The smallest absolute Gasteiger partial charge is 0.328 e. The molecule has 0 aliphatic carbocycles. The van der Waals surface area contributed by atoms with Gasteiger partial charge in [0.25, 0.3) is 5.91 Å². The Bertz CT molecular complexity index is 475. The minimum absolute atomic E-state index is 0.209. The molecule has 1 fully saturated rings. The fourth-order valence-electron chi connectivity index (χ4n) is 2.22. The lowest BCUT2D eigenvalue weighted by atomic mass is 10.0. The van der Waals surface area contributed by atoms with Gasteiger partial charge >= 0.3 is 5.97 Å². The lowest BCUT2D eigenvalue weighted by Gasteiger charge is -2.33. The van der Waals surface area contributed by atoms with Gasteiger partial charge in [0, 0.05) is 12.7 Å². The highest BCUT2D eigenvalue weighted by Gasteiger charge is 2.33. The molecule has 0 N–H and O–H groups in total. The Labute approximate surface area is 116 Å². The molecule has 1 aromatic rings. The zero-order valence-electron chi connectivity index (χ0n) is 10.6. The molecule has 0 aromatic carbocycles. The Kier molecular flexibility index (Phi) is 4.37. The first-order chi connectivity index (χ1) is 9.13. The second-order valence-electron chi connectivity index (χ2n) is 4.40. The third-order valence-electron chi connectivity index (χ3n) is 3.21. The Hall–Kier alpha value is -1.62. The van der Waals surface area contributed by atoms with Crippen LogP contribution in [0.4, 0.5) is 0 Å². The predicted octanol–water partition coefficient (Wildman–Crippen LogP) is 1.90. The first kappa shape index (κ1) is 13.8. The summed E-state index contributed by atoms with van der Waals surface area (Å²) < 4.78 is 4.76. The number of rotatable bonds is 2. The van der Waals surface area contributed by atoms with E-state index >= 15 is 0 Å². The summed E-state index contributed by atoms with van der Waals surface area (Å²) in [5, 5.41) is 0.333. The van der Waals surface area contributed by atoms with Gasteiger partial charge in [-0.2, -0.15) is 0 Å². The van der Waals surface area contributed by atoms with E-state index in [-0.39, 0.29) is 11.9 Å². The summed E-state index contributed by atoms with van der Waals surface area (Å²) in [6, 6.07) is 2.67. The van der Waals surface area contributed by atoms with Crippen molar-refractivity contribution < 1.29 is 14.3 Å². The fourth-order valence-corrected chi connectivity index (χ4v) is 2.34. The van der Waals surface area contributed by atoms with Crippen LogP contribution < -0.4 is 0 Å². The molecule has 1 amide bonds. The summed E-state index contributed by atoms with van der Waals surface area (Å²) in [5.41, 5.74) is 0.431. The van der Waals surface area contributed by atoms with Crippen molar-refractivity contribution in [3.05, 3.63) is 29.0 Å². The Morgan fingerprint density at radius 1 is 1.42 bits per heavy atom. The largest absolute Gasteiger partial charge is 0.467 e. The van der Waals surface area contributed by atoms with E-state index in [1.165, 1.54) is 13.3 Å². The summed E-state index contributed by atoms with van der Waals surface area (Å²) in [4.78, 5) is 29.5. The number of ether oxygens (including phenoxy) is 1. The van der Waals surface area contributed by atoms with Crippen molar-refractivity contribution in [3.8, 4) is 0 Å². The zero-order valence-corrected chi connectivity index (χ0v) is 11.4. The van der Waals surface area contributed by atoms with E-state index in [4.69, 9.17) is 16.3 Å². The quantitative estimate of drug-likeness (QED) is 0.614. The van der Waals surface area contributed by atoms with E-state index in [9.17, 15) is 9.59 Å². The van der Waals surface area contributed by atoms with Crippen molar-refractivity contribution in [2.24, 2.45) is 0 Å². The molecular formula is C13H15ClN2O3. The summed E-state index contributed by atoms with van der Waals surface area (Å²) >= 11 is 5.69. The second-order valence-corrected chi connectivity index (χ2v) is 4.79. The molecule has 2 rings (SSSR count). The lowest BCUT2D eigenvalue weighted by molar-refractivity contribution is -0.147. The number of aromatic nitrogens is 1. The van der Waals surface area contributed by atoms with Gasteiger partial charge < -0.3 is 9.64 Å². The Morgan fingerprint density at radius 3 is 2.84 bits per heavy atom. The number of esters is 1. The number of amides is 1. The average Bonchev–Trinajstić information content (AvgIpc) is 2.46. The predicted molar refractivity (Wildman–Crippen MR) is 69.9 cm³/mol. The summed E-state index contributed by atoms with van der Waals surface area (Å²) in [6.45, 7) is 0.557. The number of halogens is 1. The monoisotopic (exact) mass is 282 g/mol. The highest BCUT2D eigenvalue weighted by Crippen LogP contribution is 2.20. The number of carbonyl (C=O) groups excluding carboxylic acids is 2. The van der Waals surface area contributed by atoms with Gasteiger partial charge in [-0.15, -0.1) is 0 Å². The van der Waals surface area contributed by atoms with Crippen molar-refractivity contribution in [1.82, 2.24) is 9.88 Å². The van der Waals surface area contributed by atoms with Gasteiger partial charge in [-0.3, -0.25) is 4.79 Å². The van der Waals surface area contributed by atoms with Gasteiger partial charge in [-0.05, 0) is 31.4 Å². The van der Waals surface area contributed by atoms with E-state index in [0.29, 0.717) is 23.7 Å². The highest BCUT2D eigenvalue weighted by molar-refractivity contribution is 6.29. The van der Waals surface area contributed by atoms with Crippen molar-refractivity contribution in [2.75, 3.05) is 13.7 Å². The van der Waals surface area contributed by atoms with Gasteiger partial charge in [0.1, 0.15) is 11.2 Å².